The molecule has 26 heavy (non-hydrogen) atoms. The van der Waals surface area contributed by atoms with E-state index in [9.17, 15) is 9.90 Å². The molecule has 0 aliphatic carbocycles. The quantitative estimate of drug-likeness (QED) is 0.798. The summed E-state index contributed by atoms with van der Waals surface area (Å²) in [5.74, 6) is 0.496. The number of fused-ring (bicyclic) bond motifs is 1. The van der Waals surface area contributed by atoms with E-state index in [1.165, 1.54) is 0 Å². The molecule has 0 saturated carbocycles. The van der Waals surface area contributed by atoms with Gasteiger partial charge in [0.05, 0.1) is 17.2 Å². The summed E-state index contributed by atoms with van der Waals surface area (Å²) in [6, 6.07) is 10.9. The highest BCUT2D eigenvalue weighted by Crippen LogP contribution is 2.40. The van der Waals surface area contributed by atoms with E-state index in [4.69, 9.17) is 16.3 Å². The average molecular weight is 375 g/mol. The minimum atomic E-state index is -0.392. The van der Waals surface area contributed by atoms with E-state index in [2.05, 4.69) is 19.2 Å². The summed E-state index contributed by atoms with van der Waals surface area (Å²) < 4.78 is 5.50. The normalized spacial score (nSPS) is 16.4. The molecular formula is C20H23ClN2O3. The number of hydrogen-bond donors (Lipinski definition) is 2. The monoisotopic (exact) mass is 374 g/mol. The summed E-state index contributed by atoms with van der Waals surface area (Å²) in [5, 5.41) is 13.7. The third-order valence-corrected chi connectivity index (χ3v) is 4.54. The Labute approximate surface area is 158 Å². The van der Waals surface area contributed by atoms with Crippen molar-refractivity contribution < 1.29 is 14.6 Å². The second-order valence-corrected chi connectivity index (χ2v) is 7.13. The first-order chi connectivity index (χ1) is 12.4. The van der Waals surface area contributed by atoms with Crippen LogP contribution in [0.25, 0.3) is 0 Å². The van der Waals surface area contributed by atoms with Gasteiger partial charge in [-0.1, -0.05) is 37.6 Å². The highest BCUT2D eigenvalue weighted by Gasteiger charge is 2.33. The van der Waals surface area contributed by atoms with Gasteiger partial charge in [-0.2, -0.15) is 0 Å². The van der Waals surface area contributed by atoms with Crippen molar-refractivity contribution in [1.82, 2.24) is 4.90 Å². The molecule has 2 N–H and O–H groups in total. The lowest BCUT2D eigenvalue weighted by Gasteiger charge is -2.39. The lowest BCUT2D eigenvalue weighted by molar-refractivity contribution is 0.0657. The molecule has 0 saturated heterocycles. The topological polar surface area (TPSA) is 61.8 Å². The number of aromatic hydroxyl groups is 1. The third kappa shape index (κ3) is 3.44. The van der Waals surface area contributed by atoms with Crippen LogP contribution in [0.1, 0.15) is 42.9 Å². The molecule has 0 spiro atoms. The van der Waals surface area contributed by atoms with Crippen LogP contribution in [0.2, 0.25) is 5.02 Å². The van der Waals surface area contributed by atoms with Gasteiger partial charge >= 0.3 is 0 Å². The molecule has 0 unspecified atom stereocenters. The molecule has 0 fully saturated rings. The van der Waals surface area contributed by atoms with Gasteiger partial charge in [-0.3, -0.25) is 4.79 Å². The Morgan fingerprint density at radius 2 is 2.04 bits per heavy atom. The third-order valence-electron chi connectivity index (χ3n) is 4.25. The number of carbonyl (C=O) groups is 1. The van der Waals surface area contributed by atoms with Crippen LogP contribution < -0.4 is 10.1 Å². The second kappa shape index (κ2) is 7.46. The van der Waals surface area contributed by atoms with Crippen LogP contribution in [-0.4, -0.2) is 29.1 Å². The van der Waals surface area contributed by atoms with Crippen LogP contribution in [0.5, 0.6) is 11.5 Å². The maximum Gasteiger partial charge on any atom is 0.257 e. The Hall–Kier alpha value is -2.40. The molecular weight excluding hydrogens is 352 g/mol. The number of ether oxygens (including phenoxy) is 1. The maximum atomic E-state index is 13.1. The van der Waals surface area contributed by atoms with Crippen LogP contribution in [0, 0.1) is 5.92 Å². The first-order valence-electron chi connectivity index (χ1n) is 8.74. The van der Waals surface area contributed by atoms with Crippen LogP contribution >= 0.6 is 11.6 Å². The molecule has 138 valence electrons. The Balaban J connectivity index is 2.08. The van der Waals surface area contributed by atoms with Crippen molar-refractivity contribution in [2.75, 3.05) is 18.5 Å². The lowest BCUT2D eigenvalue weighted by Crippen LogP contribution is -2.44. The number of amides is 1. The molecule has 5 nitrogen and oxygen atoms in total. The molecule has 0 bridgehead atoms. The molecule has 6 heteroatoms. The summed E-state index contributed by atoms with van der Waals surface area (Å²) in [6.07, 6.45) is -0.392. The minimum Gasteiger partial charge on any atom is -0.503 e. The van der Waals surface area contributed by atoms with Gasteiger partial charge in [0.25, 0.3) is 5.91 Å². The molecule has 1 heterocycles. The SMILES string of the molecule is CCOc1cc([C@H]2Nc3ccccc3C(=O)N2CC(C)C)cc(Cl)c1O. The van der Waals surface area contributed by atoms with Gasteiger partial charge in [-0.15, -0.1) is 0 Å². The molecule has 1 amide bonds. The number of para-hydroxylation sites is 1. The van der Waals surface area contributed by atoms with Crippen molar-refractivity contribution in [3.8, 4) is 11.5 Å². The van der Waals surface area contributed by atoms with Gasteiger partial charge in [0.2, 0.25) is 0 Å². The number of rotatable bonds is 5. The molecule has 1 atom stereocenters. The van der Waals surface area contributed by atoms with Crippen molar-refractivity contribution >= 4 is 23.2 Å². The van der Waals surface area contributed by atoms with Crippen LogP contribution in [-0.2, 0) is 0 Å². The van der Waals surface area contributed by atoms with Crippen LogP contribution in [0.3, 0.4) is 0 Å². The number of anilines is 1. The molecule has 0 aromatic heterocycles. The summed E-state index contributed by atoms with van der Waals surface area (Å²) in [5.41, 5.74) is 2.20. The van der Waals surface area contributed by atoms with Crippen molar-refractivity contribution in [3.05, 3.63) is 52.5 Å². The first kappa shape index (κ1) is 18.4. The van der Waals surface area contributed by atoms with Gasteiger partial charge in [-0.05, 0) is 37.1 Å². The number of nitrogens with one attached hydrogen (secondary N) is 1. The van der Waals surface area contributed by atoms with E-state index >= 15 is 0 Å². The first-order valence-corrected chi connectivity index (χ1v) is 9.11. The van der Waals surface area contributed by atoms with Crippen LogP contribution in [0.15, 0.2) is 36.4 Å². The molecule has 1 aliphatic heterocycles. The van der Waals surface area contributed by atoms with E-state index in [0.29, 0.717) is 30.4 Å². The fourth-order valence-corrected chi connectivity index (χ4v) is 3.37. The zero-order chi connectivity index (χ0) is 18.8. The molecule has 0 radical (unpaired) electrons. The fraction of sp³-hybridized carbons (Fsp3) is 0.350. The number of hydrogen-bond acceptors (Lipinski definition) is 4. The standard InChI is InChI=1S/C20H23ClN2O3/c1-4-26-17-10-13(9-15(21)18(17)24)19-22-16-8-6-5-7-14(16)20(25)23(19)11-12(2)3/h5-10,12,19,22,24H,4,11H2,1-3H3/t19-/m0/s1. The van der Waals surface area contributed by atoms with E-state index in [0.717, 1.165) is 11.3 Å². The Morgan fingerprint density at radius 3 is 2.73 bits per heavy atom. The van der Waals surface area contributed by atoms with Crippen molar-refractivity contribution in [2.45, 2.75) is 26.9 Å². The minimum absolute atomic E-state index is 0.0276. The molecule has 1 aliphatic rings. The van der Waals surface area contributed by atoms with Gasteiger partial charge in [-0.25, -0.2) is 0 Å². The summed E-state index contributed by atoms with van der Waals surface area (Å²) in [4.78, 5) is 14.9. The Morgan fingerprint density at radius 1 is 1.31 bits per heavy atom. The van der Waals surface area contributed by atoms with Gasteiger partial charge in [0.1, 0.15) is 6.17 Å². The predicted octanol–water partition coefficient (Wildman–Crippen LogP) is 4.67. The number of carbonyl (C=O) groups excluding carboxylic acids is 1. The van der Waals surface area contributed by atoms with Crippen LogP contribution in [0.4, 0.5) is 5.69 Å². The highest BCUT2D eigenvalue weighted by atomic mass is 35.5. The number of phenols is 1. The summed E-state index contributed by atoms with van der Waals surface area (Å²) in [6.45, 7) is 6.97. The smallest absolute Gasteiger partial charge is 0.257 e. The van der Waals surface area contributed by atoms with Crippen molar-refractivity contribution in [1.29, 1.82) is 0 Å². The largest absolute Gasteiger partial charge is 0.503 e. The van der Waals surface area contributed by atoms with E-state index < -0.39 is 6.17 Å². The highest BCUT2D eigenvalue weighted by molar-refractivity contribution is 6.32. The Bertz CT molecular complexity index is 823. The van der Waals surface area contributed by atoms with E-state index in [-0.39, 0.29) is 16.7 Å². The van der Waals surface area contributed by atoms with Gasteiger partial charge in [0, 0.05) is 17.8 Å². The van der Waals surface area contributed by atoms with E-state index in [1.54, 1.807) is 17.0 Å². The summed E-state index contributed by atoms with van der Waals surface area (Å²) in [7, 11) is 0. The number of nitrogens with zero attached hydrogens (tertiary/aromatic N) is 1. The molecule has 2 aromatic rings. The Kier molecular flexibility index (Phi) is 5.28. The maximum absolute atomic E-state index is 13.1. The lowest BCUT2D eigenvalue weighted by atomic mass is 10.0. The van der Waals surface area contributed by atoms with Gasteiger partial charge in [0.15, 0.2) is 11.5 Å². The molecule has 2 aromatic carbocycles. The van der Waals surface area contributed by atoms with Crippen molar-refractivity contribution in [2.24, 2.45) is 5.92 Å². The molecule has 3 rings (SSSR count). The second-order valence-electron chi connectivity index (χ2n) is 6.73. The fourth-order valence-electron chi connectivity index (χ4n) is 3.15. The predicted molar refractivity (Wildman–Crippen MR) is 103 cm³/mol. The average Bonchev–Trinajstić information content (AvgIpc) is 2.61. The summed E-state index contributed by atoms with van der Waals surface area (Å²) >= 11 is 6.20. The zero-order valence-electron chi connectivity index (χ0n) is 15.1. The number of phenolic OH excluding ortho intramolecular Hbond substituents is 1. The number of benzene rings is 2. The van der Waals surface area contributed by atoms with E-state index in [1.807, 2.05) is 31.2 Å². The number of halogens is 1. The zero-order valence-corrected chi connectivity index (χ0v) is 15.9. The van der Waals surface area contributed by atoms with Gasteiger partial charge < -0.3 is 20.1 Å². The van der Waals surface area contributed by atoms with Crippen molar-refractivity contribution in [3.63, 3.8) is 0 Å².